The molecule has 0 spiro atoms. The predicted molar refractivity (Wildman–Crippen MR) is 67.6 cm³/mol. The highest BCUT2D eigenvalue weighted by atomic mass is 16.5. The van der Waals surface area contributed by atoms with Crippen molar-refractivity contribution in [2.75, 3.05) is 6.54 Å². The Kier molecular flexibility index (Phi) is 3.01. The summed E-state index contributed by atoms with van der Waals surface area (Å²) in [7, 11) is 0. The van der Waals surface area contributed by atoms with Gasteiger partial charge in [-0.2, -0.15) is 0 Å². The van der Waals surface area contributed by atoms with E-state index in [2.05, 4.69) is 38.1 Å². The summed E-state index contributed by atoms with van der Waals surface area (Å²) >= 11 is 0. The van der Waals surface area contributed by atoms with Crippen LogP contribution in [-0.4, -0.2) is 12.1 Å². The van der Waals surface area contributed by atoms with Crippen molar-refractivity contribution >= 4 is 6.08 Å². The molecule has 0 bridgehead atoms. The molecule has 0 atom stereocenters. The van der Waals surface area contributed by atoms with Crippen LogP contribution in [0.15, 0.2) is 24.3 Å². The molecule has 1 aromatic carbocycles. The van der Waals surface area contributed by atoms with Crippen LogP contribution < -0.4 is 10.5 Å². The molecule has 1 aliphatic heterocycles. The van der Waals surface area contributed by atoms with Crippen LogP contribution in [-0.2, 0) is 6.42 Å². The van der Waals surface area contributed by atoms with E-state index in [1.165, 1.54) is 11.1 Å². The Morgan fingerprint density at radius 1 is 1.44 bits per heavy atom. The van der Waals surface area contributed by atoms with Crippen LogP contribution in [0.5, 0.6) is 5.75 Å². The highest BCUT2D eigenvalue weighted by Gasteiger charge is 2.26. The van der Waals surface area contributed by atoms with Gasteiger partial charge in [0, 0.05) is 6.54 Å². The Balaban J connectivity index is 2.25. The van der Waals surface area contributed by atoms with Crippen LogP contribution >= 0.6 is 0 Å². The first kappa shape index (κ1) is 11.2. The van der Waals surface area contributed by atoms with Gasteiger partial charge >= 0.3 is 0 Å². The van der Waals surface area contributed by atoms with E-state index < -0.39 is 0 Å². The molecule has 0 radical (unpaired) electrons. The van der Waals surface area contributed by atoms with E-state index in [0.717, 1.165) is 18.6 Å². The average molecular weight is 217 g/mol. The molecule has 2 rings (SSSR count). The standard InChI is InChI=1S/C14H19NO/c1-14(2)8-7-12-10-11(4-3-9-15)5-6-13(12)16-14/h3-6,10H,7-9,15H2,1-2H3/b4-3+. The molecule has 0 aliphatic carbocycles. The number of aryl methyl sites for hydroxylation is 1. The van der Waals surface area contributed by atoms with Crippen LogP contribution in [0, 0.1) is 0 Å². The fraction of sp³-hybridized carbons (Fsp3) is 0.429. The normalized spacial score (nSPS) is 18.2. The fourth-order valence-corrected chi connectivity index (χ4v) is 1.99. The molecule has 0 amide bonds. The maximum Gasteiger partial charge on any atom is 0.123 e. The lowest BCUT2D eigenvalue weighted by molar-refractivity contribution is 0.0847. The molecule has 0 fully saturated rings. The molecular formula is C14H19NO. The Labute approximate surface area is 97.1 Å². The summed E-state index contributed by atoms with van der Waals surface area (Å²) in [5.74, 6) is 1.03. The summed E-state index contributed by atoms with van der Waals surface area (Å²) < 4.78 is 5.93. The summed E-state index contributed by atoms with van der Waals surface area (Å²) in [6, 6.07) is 6.33. The lowest BCUT2D eigenvalue weighted by Crippen LogP contribution is -2.32. The Morgan fingerprint density at radius 2 is 2.25 bits per heavy atom. The molecule has 86 valence electrons. The smallest absolute Gasteiger partial charge is 0.123 e. The summed E-state index contributed by atoms with van der Waals surface area (Å²) in [4.78, 5) is 0. The van der Waals surface area contributed by atoms with E-state index in [4.69, 9.17) is 10.5 Å². The number of nitrogens with two attached hydrogens (primary N) is 1. The van der Waals surface area contributed by atoms with Crippen molar-refractivity contribution in [2.24, 2.45) is 5.73 Å². The van der Waals surface area contributed by atoms with Gasteiger partial charge in [0.2, 0.25) is 0 Å². The first-order valence-corrected chi connectivity index (χ1v) is 5.79. The zero-order chi connectivity index (χ0) is 11.6. The molecule has 2 heteroatoms. The second-order valence-corrected chi connectivity index (χ2v) is 4.87. The van der Waals surface area contributed by atoms with Gasteiger partial charge in [-0.1, -0.05) is 18.2 Å². The molecule has 0 saturated heterocycles. The Hall–Kier alpha value is -1.28. The van der Waals surface area contributed by atoms with E-state index in [9.17, 15) is 0 Å². The van der Waals surface area contributed by atoms with Crippen LogP contribution in [0.3, 0.4) is 0 Å². The Bertz CT molecular complexity index is 407. The van der Waals surface area contributed by atoms with Crippen LogP contribution in [0.2, 0.25) is 0 Å². The van der Waals surface area contributed by atoms with Gasteiger partial charge in [0.05, 0.1) is 0 Å². The van der Waals surface area contributed by atoms with Gasteiger partial charge in [-0.3, -0.25) is 0 Å². The third kappa shape index (κ3) is 2.45. The molecule has 1 heterocycles. The van der Waals surface area contributed by atoms with Crippen molar-refractivity contribution in [3.8, 4) is 5.75 Å². The molecule has 0 unspecified atom stereocenters. The van der Waals surface area contributed by atoms with Gasteiger partial charge in [0.25, 0.3) is 0 Å². The lowest BCUT2D eigenvalue weighted by Gasteiger charge is -2.32. The van der Waals surface area contributed by atoms with Crippen molar-refractivity contribution in [3.05, 3.63) is 35.4 Å². The molecule has 2 N–H and O–H groups in total. The van der Waals surface area contributed by atoms with Gasteiger partial charge < -0.3 is 10.5 Å². The molecular weight excluding hydrogens is 198 g/mol. The first-order chi connectivity index (χ1) is 7.61. The number of ether oxygens (including phenoxy) is 1. The minimum Gasteiger partial charge on any atom is -0.488 e. The lowest BCUT2D eigenvalue weighted by atomic mass is 9.93. The molecule has 1 aliphatic rings. The van der Waals surface area contributed by atoms with Gasteiger partial charge in [-0.05, 0) is 49.9 Å². The third-order valence-corrected chi connectivity index (χ3v) is 2.91. The zero-order valence-corrected chi connectivity index (χ0v) is 9.99. The first-order valence-electron chi connectivity index (χ1n) is 5.79. The maximum atomic E-state index is 5.93. The summed E-state index contributed by atoms with van der Waals surface area (Å²) in [5, 5.41) is 0. The second kappa shape index (κ2) is 4.30. The van der Waals surface area contributed by atoms with E-state index in [1.807, 2.05) is 6.08 Å². The van der Waals surface area contributed by atoms with Crippen molar-refractivity contribution in [2.45, 2.75) is 32.3 Å². The van der Waals surface area contributed by atoms with Crippen LogP contribution in [0.25, 0.3) is 6.08 Å². The molecule has 0 aromatic heterocycles. The van der Waals surface area contributed by atoms with Crippen LogP contribution in [0.1, 0.15) is 31.4 Å². The highest BCUT2D eigenvalue weighted by Crippen LogP contribution is 2.33. The number of rotatable bonds is 2. The van der Waals surface area contributed by atoms with Crippen molar-refractivity contribution in [1.82, 2.24) is 0 Å². The zero-order valence-electron chi connectivity index (χ0n) is 9.99. The topological polar surface area (TPSA) is 35.2 Å². The fourth-order valence-electron chi connectivity index (χ4n) is 1.99. The molecule has 1 aromatic rings. The summed E-state index contributed by atoms with van der Waals surface area (Å²) in [5.41, 5.74) is 7.92. The van der Waals surface area contributed by atoms with Gasteiger partial charge in [-0.15, -0.1) is 0 Å². The van der Waals surface area contributed by atoms with Gasteiger partial charge in [0.15, 0.2) is 0 Å². The van der Waals surface area contributed by atoms with Gasteiger partial charge in [0.1, 0.15) is 11.4 Å². The number of benzene rings is 1. The molecule has 0 saturated carbocycles. The third-order valence-electron chi connectivity index (χ3n) is 2.91. The van der Waals surface area contributed by atoms with E-state index >= 15 is 0 Å². The highest BCUT2D eigenvalue weighted by molar-refractivity contribution is 5.54. The maximum absolute atomic E-state index is 5.93. The summed E-state index contributed by atoms with van der Waals surface area (Å²) in [6.07, 6.45) is 6.19. The van der Waals surface area contributed by atoms with Gasteiger partial charge in [-0.25, -0.2) is 0 Å². The average Bonchev–Trinajstić information content (AvgIpc) is 2.25. The quantitative estimate of drug-likeness (QED) is 0.826. The van der Waals surface area contributed by atoms with E-state index in [0.29, 0.717) is 6.54 Å². The minimum absolute atomic E-state index is 0.0262. The second-order valence-electron chi connectivity index (χ2n) is 4.87. The number of hydrogen-bond donors (Lipinski definition) is 1. The SMILES string of the molecule is CC1(C)CCc2cc(/C=C/CN)ccc2O1. The monoisotopic (exact) mass is 217 g/mol. The largest absolute Gasteiger partial charge is 0.488 e. The number of hydrogen-bond acceptors (Lipinski definition) is 2. The van der Waals surface area contributed by atoms with Crippen molar-refractivity contribution < 1.29 is 4.74 Å². The summed E-state index contributed by atoms with van der Waals surface area (Å²) in [6.45, 7) is 4.86. The molecule has 2 nitrogen and oxygen atoms in total. The predicted octanol–water partition coefficient (Wildman–Crippen LogP) is 2.76. The van der Waals surface area contributed by atoms with Crippen molar-refractivity contribution in [3.63, 3.8) is 0 Å². The van der Waals surface area contributed by atoms with E-state index in [1.54, 1.807) is 0 Å². The van der Waals surface area contributed by atoms with Crippen molar-refractivity contribution in [1.29, 1.82) is 0 Å². The Morgan fingerprint density at radius 3 is 3.00 bits per heavy atom. The van der Waals surface area contributed by atoms with E-state index in [-0.39, 0.29) is 5.60 Å². The number of fused-ring (bicyclic) bond motifs is 1. The van der Waals surface area contributed by atoms with Crippen LogP contribution in [0.4, 0.5) is 0 Å². The molecule has 16 heavy (non-hydrogen) atoms. The minimum atomic E-state index is -0.0262.